The van der Waals surface area contributed by atoms with Crippen LogP contribution in [0, 0.1) is 6.92 Å². The number of rotatable bonds is 7. The molecule has 1 aromatic heterocycles. The molecule has 2 aromatic rings. The first kappa shape index (κ1) is 18.8. The van der Waals surface area contributed by atoms with Gasteiger partial charge in [-0.3, -0.25) is 9.79 Å². The van der Waals surface area contributed by atoms with E-state index in [0.717, 1.165) is 25.5 Å². The summed E-state index contributed by atoms with van der Waals surface area (Å²) in [4.78, 5) is 21.0. The van der Waals surface area contributed by atoms with E-state index in [9.17, 15) is 4.79 Å². The maximum atomic E-state index is 11.6. The highest BCUT2D eigenvalue weighted by molar-refractivity contribution is 5.84. The summed E-state index contributed by atoms with van der Waals surface area (Å²) in [5, 5.41) is 7.82. The number of guanidine groups is 1. The molecule has 0 spiro atoms. The minimum absolute atomic E-state index is 0.0914. The Labute approximate surface area is 149 Å². The Balaban J connectivity index is 1.88. The molecule has 0 bridgehead atoms. The lowest BCUT2D eigenvalue weighted by molar-refractivity contribution is -0.128. The van der Waals surface area contributed by atoms with Gasteiger partial charge in [-0.15, -0.1) is 0 Å². The number of aryl methyl sites for hydroxylation is 1. The van der Waals surface area contributed by atoms with Crippen LogP contribution in [0.25, 0.3) is 10.9 Å². The maximum absolute atomic E-state index is 11.6. The SMILES string of the molecule is CCNC(=NCCC(=O)N(C)C)NCCc1c[nH]c2cc(C)ccc12. The van der Waals surface area contributed by atoms with Crippen molar-refractivity contribution in [1.82, 2.24) is 20.5 Å². The van der Waals surface area contributed by atoms with Gasteiger partial charge in [0.15, 0.2) is 5.96 Å². The number of nitrogens with one attached hydrogen (secondary N) is 3. The highest BCUT2D eigenvalue weighted by atomic mass is 16.2. The third-order valence-electron chi connectivity index (χ3n) is 4.05. The summed E-state index contributed by atoms with van der Waals surface area (Å²) in [5.74, 6) is 0.846. The van der Waals surface area contributed by atoms with Crippen LogP contribution >= 0.6 is 0 Å². The fraction of sp³-hybridized carbons (Fsp3) is 0.474. The van der Waals surface area contributed by atoms with E-state index in [-0.39, 0.29) is 5.91 Å². The van der Waals surface area contributed by atoms with E-state index in [4.69, 9.17) is 0 Å². The first-order valence-corrected chi connectivity index (χ1v) is 8.80. The van der Waals surface area contributed by atoms with Crippen LogP contribution in [0.4, 0.5) is 0 Å². The van der Waals surface area contributed by atoms with E-state index in [0.29, 0.717) is 13.0 Å². The van der Waals surface area contributed by atoms with Crippen molar-refractivity contribution in [3.05, 3.63) is 35.5 Å². The topological polar surface area (TPSA) is 72.5 Å². The van der Waals surface area contributed by atoms with Crippen molar-refractivity contribution < 1.29 is 4.79 Å². The second-order valence-corrected chi connectivity index (χ2v) is 6.34. The minimum atomic E-state index is 0.0914. The summed E-state index contributed by atoms with van der Waals surface area (Å²) in [5.41, 5.74) is 3.73. The molecule has 6 nitrogen and oxygen atoms in total. The van der Waals surface area contributed by atoms with E-state index < -0.39 is 0 Å². The molecule has 1 amide bonds. The summed E-state index contributed by atoms with van der Waals surface area (Å²) >= 11 is 0. The summed E-state index contributed by atoms with van der Waals surface area (Å²) < 4.78 is 0. The molecule has 1 aromatic carbocycles. The summed E-state index contributed by atoms with van der Waals surface area (Å²) in [7, 11) is 3.52. The minimum Gasteiger partial charge on any atom is -0.361 e. The quantitative estimate of drug-likeness (QED) is 0.532. The fourth-order valence-electron chi connectivity index (χ4n) is 2.65. The number of hydrogen-bond donors (Lipinski definition) is 3. The standard InChI is InChI=1S/C19H29N5O/c1-5-20-19(22-11-9-18(25)24(3)4)21-10-8-15-13-23-17-12-14(2)6-7-16(15)17/h6-7,12-13,23H,5,8-11H2,1-4H3,(H2,20,21,22). The molecule has 0 aliphatic heterocycles. The third kappa shape index (κ3) is 5.52. The molecule has 0 radical (unpaired) electrons. The van der Waals surface area contributed by atoms with Gasteiger partial charge >= 0.3 is 0 Å². The highest BCUT2D eigenvalue weighted by Crippen LogP contribution is 2.19. The molecule has 136 valence electrons. The van der Waals surface area contributed by atoms with Crippen molar-refractivity contribution >= 4 is 22.8 Å². The Morgan fingerprint density at radius 3 is 2.80 bits per heavy atom. The zero-order chi connectivity index (χ0) is 18.2. The first-order valence-electron chi connectivity index (χ1n) is 8.80. The van der Waals surface area contributed by atoms with E-state index in [1.54, 1.807) is 19.0 Å². The van der Waals surface area contributed by atoms with Crippen LogP contribution in [0.15, 0.2) is 29.4 Å². The molecule has 0 aliphatic carbocycles. The molecular formula is C19H29N5O. The van der Waals surface area contributed by atoms with Crippen LogP contribution in [0.3, 0.4) is 0 Å². The van der Waals surface area contributed by atoms with Crippen LogP contribution < -0.4 is 10.6 Å². The number of aromatic nitrogens is 1. The molecule has 0 saturated heterocycles. The number of nitrogens with zero attached hydrogens (tertiary/aromatic N) is 2. The molecule has 0 saturated carbocycles. The van der Waals surface area contributed by atoms with E-state index >= 15 is 0 Å². The number of H-pyrrole nitrogens is 1. The Hall–Kier alpha value is -2.50. The molecule has 3 N–H and O–H groups in total. The van der Waals surface area contributed by atoms with Gasteiger partial charge in [0.05, 0.1) is 6.54 Å². The molecule has 6 heteroatoms. The van der Waals surface area contributed by atoms with Crippen molar-refractivity contribution in [2.75, 3.05) is 33.7 Å². The average Bonchev–Trinajstić information content (AvgIpc) is 2.96. The lowest BCUT2D eigenvalue weighted by Gasteiger charge is -2.12. The van der Waals surface area contributed by atoms with Gasteiger partial charge in [0.1, 0.15) is 0 Å². The Bertz CT molecular complexity index is 732. The number of benzene rings is 1. The smallest absolute Gasteiger partial charge is 0.223 e. The van der Waals surface area contributed by atoms with Gasteiger partial charge in [-0.2, -0.15) is 0 Å². The van der Waals surface area contributed by atoms with Crippen LogP contribution in [-0.4, -0.2) is 55.5 Å². The van der Waals surface area contributed by atoms with Crippen molar-refractivity contribution in [1.29, 1.82) is 0 Å². The van der Waals surface area contributed by atoms with Gasteiger partial charge in [0.2, 0.25) is 5.91 Å². The van der Waals surface area contributed by atoms with Gasteiger partial charge in [-0.1, -0.05) is 12.1 Å². The Kier molecular flexibility index (Phi) is 6.86. The molecule has 0 fully saturated rings. The van der Waals surface area contributed by atoms with Crippen LogP contribution in [0.2, 0.25) is 0 Å². The van der Waals surface area contributed by atoms with Crippen molar-refractivity contribution in [3.8, 4) is 0 Å². The van der Waals surface area contributed by atoms with Crippen LogP contribution in [0.5, 0.6) is 0 Å². The number of carbonyl (C=O) groups excluding carboxylic acids is 1. The fourth-order valence-corrected chi connectivity index (χ4v) is 2.65. The summed E-state index contributed by atoms with van der Waals surface area (Å²) in [6, 6.07) is 6.47. The zero-order valence-electron chi connectivity index (χ0n) is 15.6. The second-order valence-electron chi connectivity index (χ2n) is 6.34. The predicted molar refractivity (Wildman–Crippen MR) is 104 cm³/mol. The van der Waals surface area contributed by atoms with Gasteiger partial charge < -0.3 is 20.5 Å². The van der Waals surface area contributed by atoms with Crippen LogP contribution in [0.1, 0.15) is 24.5 Å². The van der Waals surface area contributed by atoms with Crippen molar-refractivity contribution in [3.63, 3.8) is 0 Å². The molecule has 0 atom stereocenters. The van der Waals surface area contributed by atoms with Gasteiger partial charge in [0.25, 0.3) is 0 Å². The van der Waals surface area contributed by atoms with Gasteiger partial charge in [-0.05, 0) is 37.5 Å². The largest absolute Gasteiger partial charge is 0.361 e. The molecule has 25 heavy (non-hydrogen) atoms. The lowest BCUT2D eigenvalue weighted by Crippen LogP contribution is -2.38. The zero-order valence-corrected chi connectivity index (χ0v) is 15.6. The highest BCUT2D eigenvalue weighted by Gasteiger charge is 2.05. The number of hydrogen-bond acceptors (Lipinski definition) is 2. The molecule has 2 rings (SSSR count). The maximum Gasteiger partial charge on any atom is 0.223 e. The summed E-state index contributed by atoms with van der Waals surface area (Å²) in [6.07, 6.45) is 3.40. The monoisotopic (exact) mass is 343 g/mol. The second kappa shape index (κ2) is 9.11. The van der Waals surface area contributed by atoms with Gasteiger partial charge in [0, 0.05) is 50.7 Å². The Morgan fingerprint density at radius 1 is 1.28 bits per heavy atom. The van der Waals surface area contributed by atoms with E-state index in [1.165, 1.54) is 22.0 Å². The first-order chi connectivity index (χ1) is 12.0. The third-order valence-corrected chi connectivity index (χ3v) is 4.05. The summed E-state index contributed by atoms with van der Waals surface area (Å²) in [6.45, 7) is 6.19. The Morgan fingerprint density at radius 2 is 2.08 bits per heavy atom. The molecule has 1 heterocycles. The average molecular weight is 343 g/mol. The van der Waals surface area contributed by atoms with Gasteiger partial charge in [-0.25, -0.2) is 0 Å². The number of aromatic amines is 1. The normalized spacial score (nSPS) is 11.6. The number of carbonyl (C=O) groups is 1. The van der Waals surface area contributed by atoms with Crippen molar-refractivity contribution in [2.24, 2.45) is 4.99 Å². The number of fused-ring (bicyclic) bond motifs is 1. The molecule has 0 unspecified atom stereocenters. The number of amides is 1. The van der Waals surface area contributed by atoms with Crippen LogP contribution in [-0.2, 0) is 11.2 Å². The van der Waals surface area contributed by atoms with E-state index in [2.05, 4.69) is 51.9 Å². The molecular weight excluding hydrogens is 314 g/mol. The van der Waals surface area contributed by atoms with E-state index in [1.807, 2.05) is 6.92 Å². The number of aliphatic imine (C=N–C) groups is 1. The van der Waals surface area contributed by atoms with Crippen molar-refractivity contribution in [2.45, 2.75) is 26.7 Å². The predicted octanol–water partition coefficient (Wildman–Crippen LogP) is 2.05. The molecule has 0 aliphatic rings. The lowest BCUT2D eigenvalue weighted by atomic mass is 10.1.